The van der Waals surface area contributed by atoms with Crippen molar-refractivity contribution in [3.63, 3.8) is 0 Å². The van der Waals surface area contributed by atoms with Crippen LogP contribution in [0.15, 0.2) is 65.5 Å². The first-order valence-corrected chi connectivity index (χ1v) is 11.0. The summed E-state index contributed by atoms with van der Waals surface area (Å²) in [6.07, 6.45) is 0.960. The molecule has 1 aromatic heterocycles. The average molecular weight is 456 g/mol. The van der Waals surface area contributed by atoms with E-state index in [-0.39, 0.29) is 18.6 Å². The summed E-state index contributed by atoms with van der Waals surface area (Å²) in [5.74, 6) is 1.16. The molecule has 0 bridgehead atoms. The highest BCUT2D eigenvalue weighted by Crippen LogP contribution is 2.31. The van der Waals surface area contributed by atoms with E-state index in [2.05, 4.69) is 0 Å². The molecule has 0 atom stereocenters. The number of halogens is 1. The fraction of sp³-hybridized carbons (Fsp3) is 0.208. The predicted octanol–water partition coefficient (Wildman–Crippen LogP) is 4.48. The van der Waals surface area contributed by atoms with Gasteiger partial charge < -0.3 is 20.7 Å². The zero-order chi connectivity index (χ0) is 22.0. The van der Waals surface area contributed by atoms with Crippen molar-refractivity contribution in [2.45, 2.75) is 18.4 Å². The quantitative estimate of drug-likeness (QED) is 0.357. The van der Waals surface area contributed by atoms with Crippen LogP contribution in [0.2, 0.25) is 5.02 Å². The minimum absolute atomic E-state index is 0.0644. The molecular formula is C24H22ClNO4S. The molecule has 1 heterocycles. The summed E-state index contributed by atoms with van der Waals surface area (Å²) in [4.78, 5) is 13.2. The summed E-state index contributed by atoms with van der Waals surface area (Å²) in [6.45, 7) is -0.599. The van der Waals surface area contributed by atoms with E-state index in [0.717, 1.165) is 15.0 Å². The lowest BCUT2D eigenvalue weighted by Gasteiger charge is -2.24. The van der Waals surface area contributed by atoms with Crippen LogP contribution >= 0.6 is 22.9 Å². The minimum Gasteiger partial charge on any atom is -0.457 e. The van der Waals surface area contributed by atoms with Crippen molar-refractivity contribution >= 4 is 43.1 Å². The van der Waals surface area contributed by atoms with Gasteiger partial charge in [-0.2, -0.15) is 0 Å². The van der Waals surface area contributed by atoms with E-state index >= 15 is 0 Å². The number of benzene rings is 3. The van der Waals surface area contributed by atoms with Gasteiger partial charge in [0.05, 0.1) is 18.8 Å². The van der Waals surface area contributed by atoms with Gasteiger partial charge in [0.15, 0.2) is 5.43 Å². The van der Waals surface area contributed by atoms with E-state index in [1.807, 2.05) is 30.3 Å². The summed E-state index contributed by atoms with van der Waals surface area (Å²) >= 11 is 7.56. The monoisotopic (exact) mass is 455 g/mol. The minimum atomic E-state index is -1.03. The summed E-state index contributed by atoms with van der Waals surface area (Å²) < 4.78 is 7.66. The van der Waals surface area contributed by atoms with Gasteiger partial charge in [-0.05, 0) is 66.9 Å². The number of hydrogen-bond acceptors (Lipinski definition) is 6. The maximum absolute atomic E-state index is 13.2. The molecule has 0 saturated heterocycles. The molecule has 5 nitrogen and oxygen atoms in total. The van der Waals surface area contributed by atoms with Crippen LogP contribution in [0.4, 0.5) is 0 Å². The molecule has 4 aromatic rings. The smallest absolute Gasteiger partial charge is 0.196 e. The number of rotatable bonds is 7. The van der Waals surface area contributed by atoms with Gasteiger partial charge in [-0.15, -0.1) is 11.3 Å². The first-order valence-electron chi connectivity index (χ1n) is 9.84. The van der Waals surface area contributed by atoms with Crippen molar-refractivity contribution in [1.82, 2.24) is 0 Å². The molecule has 3 aromatic carbocycles. The normalized spacial score (nSPS) is 11.9. The SMILES string of the molecule is NC(CO)(CO)CCc1ccc2sc3ccc(Oc4cccc(Cl)c4)cc3c(=O)c2c1. The van der Waals surface area contributed by atoms with Crippen LogP contribution in [-0.2, 0) is 6.42 Å². The Balaban J connectivity index is 1.69. The molecule has 0 unspecified atom stereocenters. The van der Waals surface area contributed by atoms with Gasteiger partial charge in [-0.3, -0.25) is 4.79 Å². The molecule has 0 aliphatic heterocycles. The van der Waals surface area contributed by atoms with Crippen LogP contribution in [0.25, 0.3) is 20.2 Å². The van der Waals surface area contributed by atoms with Crippen LogP contribution in [0.3, 0.4) is 0 Å². The van der Waals surface area contributed by atoms with Gasteiger partial charge in [-0.1, -0.05) is 23.7 Å². The maximum atomic E-state index is 13.2. The summed E-state index contributed by atoms with van der Waals surface area (Å²) in [7, 11) is 0. The molecule has 160 valence electrons. The lowest BCUT2D eigenvalue weighted by Crippen LogP contribution is -2.47. The molecule has 4 rings (SSSR count). The van der Waals surface area contributed by atoms with Gasteiger partial charge in [0, 0.05) is 25.2 Å². The Morgan fingerprint density at radius 3 is 2.32 bits per heavy atom. The third-order valence-corrected chi connectivity index (χ3v) is 6.66. The van der Waals surface area contributed by atoms with E-state index in [0.29, 0.717) is 40.1 Å². The predicted molar refractivity (Wildman–Crippen MR) is 127 cm³/mol. The summed E-state index contributed by atoms with van der Waals surface area (Å²) in [6, 6.07) is 18.3. The number of aliphatic hydroxyl groups excluding tert-OH is 2. The van der Waals surface area contributed by atoms with Crippen LogP contribution in [0.5, 0.6) is 11.5 Å². The zero-order valence-electron chi connectivity index (χ0n) is 16.7. The van der Waals surface area contributed by atoms with E-state index in [1.165, 1.54) is 0 Å². The van der Waals surface area contributed by atoms with Crippen LogP contribution in [0, 0.1) is 0 Å². The number of ether oxygens (including phenoxy) is 1. The van der Waals surface area contributed by atoms with Gasteiger partial charge in [0.1, 0.15) is 11.5 Å². The summed E-state index contributed by atoms with van der Waals surface area (Å²) in [5, 5.41) is 20.6. The highest BCUT2D eigenvalue weighted by atomic mass is 35.5. The van der Waals surface area contributed by atoms with E-state index in [4.69, 9.17) is 22.1 Å². The van der Waals surface area contributed by atoms with Crippen molar-refractivity contribution in [1.29, 1.82) is 0 Å². The molecule has 0 aliphatic carbocycles. The van der Waals surface area contributed by atoms with Crippen molar-refractivity contribution in [2.24, 2.45) is 5.73 Å². The highest BCUT2D eigenvalue weighted by molar-refractivity contribution is 7.24. The second-order valence-electron chi connectivity index (χ2n) is 7.66. The molecule has 0 radical (unpaired) electrons. The topological polar surface area (TPSA) is 92.8 Å². The Kier molecular flexibility index (Phi) is 6.27. The van der Waals surface area contributed by atoms with Crippen molar-refractivity contribution in [3.8, 4) is 11.5 Å². The third-order valence-electron chi connectivity index (χ3n) is 5.28. The van der Waals surface area contributed by atoms with E-state index in [1.54, 1.807) is 41.7 Å². The number of aliphatic hydroxyl groups is 2. The Bertz CT molecular complexity index is 1300. The lowest BCUT2D eigenvalue weighted by molar-refractivity contribution is 0.115. The molecule has 4 N–H and O–H groups in total. The number of aryl methyl sites for hydroxylation is 1. The van der Waals surface area contributed by atoms with Crippen molar-refractivity contribution in [3.05, 3.63) is 81.5 Å². The summed E-state index contributed by atoms with van der Waals surface area (Å²) in [5.41, 5.74) is 5.80. The van der Waals surface area contributed by atoms with Crippen molar-refractivity contribution in [2.75, 3.05) is 13.2 Å². The highest BCUT2D eigenvalue weighted by Gasteiger charge is 2.22. The molecular weight excluding hydrogens is 434 g/mol. The Hall–Kier alpha value is -2.48. The van der Waals surface area contributed by atoms with Gasteiger partial charge in [-0.25, -0.2) is 0 Å². The van der Waals surface area contributed by atoms with Crippen molar-refractivity contribution < 1.29 is 14.9 Å². The average Bonchev–Trinajstić information content (AvgIpc) is 2.78. The van der Waals surface area contributed by atoms with Crippen LogP contribution < -0.4 is 15.9 Å². The van der Waals surface area contributed by atoms with Crippen LogP contribution in [0.1, 0.15) is 12.0 Å². The molecule has 0 saturated carbocycles. The Morgan fingerprint density at radius 1 is 0.935 bits per heavy atom. The Morgan fingerprint density at radius 2 is 1.61 bits per heavy atom. The first kappa shape index (κ1) is 21.7. The second-order valence-corrected chi connectivity index (χ2v) is 9.18. The molecule has 0 fully saturated rings. The number of nitrogens with two attached hydrogens (primary N) is 1. The molecule has 0 aliphatic rings. The molecule has 0 spiro atoms. The number of hydrogen-bond donors (Lipinski definition) is 3. The largest absolute Gasteiger partial charge is 0.457 e. The van der Waals surface area contributed by atoms with E-state index < -0.39 is 5.54 Å². The molecule has 7 heteroatoms. The van der Waals surface area contributed by atoms with Gasteiger partial charge >= 0.3 is 0 Å². The fourth-order valence-corrected chi connectivity index (χ4v) is 4.58. The third kappa shape index (κ3) is 4.74. The first-order chi connectivity index (χ1) is 14.9. The number of fused-ring (bicyclic) bond motifs is 2. The molecule has 31 heavy (non-hydrogen) atoms. The lowest BCUT2D eigenvalue weighted by atomic mass is 9.93. The molecule has 0 amide bonds. The zero-order valence-corrected chi connectivity index (χ0v) is 18.2. The standard InChI is InChI=1S/C24H22ClNO4S/c25-16-2-1-3-17(11-16)30-18-5-7-22-20(12-18)23(29)19-10-15(4-6-21(19)31-22)8-9-24(26,13-27)14-28/h1-7,10-12,27-28H,8-9,13-14,26H2. The maximum Gasteiger partial charge on any atom is 0.196 e. The van der Waals surface area contributed by atoms with E-state index in [9.17, 15) is 15.0 Å². The fourth-order valence-electron chi connectivity index (χ4n) is 3.37. The second kappa shape index (κ2) is 8.94. The Labute approximate surface area is 188 Å². The van der Waals surface area contributed by atoms with Gasteiger partial charge in [0.2, 0.25) is 0 Å². The van der Waals surface area contributed by atoms with Gasteiger partial charge in [0.25, 0.3) is 0 Å². The van der Waals surface area contributed by atoms with Crippen LogP contribution in [-0.4, -0.2) is 29.0 Å².